The molecule has 0 unspecified atom stereocenters. The largest absolute Gasteiger partial charge is 0.361 e. The fraction of sp³-hybridized carbons (Fsp3) is 0.364. The van der Waals surface area contributed by atoms with Crippen molar-refractivity contribution in [2.45, 2.75) is 36.4 Å². The highest BCUT2D eigenvalue weighted by Gasteiger charge is 2.22. The second-order valence-corrected chi connectivity index (χ2v) is 6.55. The normalized spacial score (nSPS) is 42.7. The molecule has 5 heteroatoms. The van der Waals surface area contributed by atoms with Crippen LogP contribution in [0.4, 0.5) is 0 Å². The lowest BCUT2D eigenvalue weighted by Crippen LogP contribution is -2.26. The van der Waals surface area contributed by atoms with Gasteiger partial charge >= 0.3 is 0 Å². The predicted molar refractivity (Wildman–Crippen MR) is 110 cm³/mol. The number of nitrogens with zero attached hydrogens (tertiary/aromatic N) is 1. The molecule has 4 nitrogen and oxygen atoms in total. The van der Waals surface area contributed by atoms with Crippen LogP contribution in [0.1, 0.15) is 58.1 Å². The molecule has 27 heavy (non-hydrogen) atoms. The summed E-state index contributed by atoms with van der Waals surface area (Å²) < 4.78 is 244. The molecular formula is C22H26N2O2S. The summed E-state index contributed by atoms with van der Waals surface area (Å²) in [5, 5.41) is -1.38. The Labute approximate surface area is 197 Å². The third-order valence-electron chi connectivity index (χ3n) is 3.19. The zero-order valence-corrected chi connectivity index (χ0v) is 13.9. The molecule has 0 radical (unpaired) electrons. The standard InChI is InChI=1S/C22H26N2O2S/c1-24-12-5-6-19(24)15-18-16-23-22-10-9-17(14-21(18)22)11-13-27(25,26)20-7-3-2-4-8-20/h2-4,7-10,14,16,19,23H,5-6,11-13,15H2,1H3/t19-/m1/s1/i1D3,2D,3D,4D,5D2,6D2,7D,8D,9D,10D,11D2,12D2,13D2,14D,15D2,16D,19D/hD. The molecule has 1 atom stereocenters. The van der Waals surface area contributed by atoms with E-state index in [1.807, 2.05) is 0 Å². The Bertz CT molecular complexity index is 2160. The summed E-state index contributed by atoms with van der Waals surface area (Å²) in [6.07, 6.45) is -18.4. The molecule has 1 aromatic heterocycles. The zero-order valence-electron chi connectivity index (χ0n) is 39.1. The summed E-state index contributed by atoms with van der Waals surface area (Å²) in [5.74, 6) is 0. The van der Waals surface area contributed by atoms with E-state index in [4.69, 9.17) is 35.7 Å². The van der Waals surface area contributed by atoms with Gasteiger partial charge in [-0.3, -0.25) is 0 Å². The van der Waals surface area contributed by atoms with Gasteiger partial charge < -0.3 is 9.88 Å². The third-order valence-corrected chi connectivity index (χ3v) is 4.31. The molecule has 1 N–H and O–H groups in total. The SMILES string of the molecule is [2H]c1c([2H])c([2H])c(S(=O)(=O)C([2H])([2H])C([2H])([2H])c2c([2H])c([2H])c3c(c2[2H])c(C([2H])([2H])[C@]2([2H])N(C([2H])([2H])[2H])C([2H])([2H])C([2H])([2H])C2([2H])[2H])c([2H])n3[2H])c([2H])c1[2H]. The summed E-state index contributed by atoms with van der Waals surface area (Å²) in [7, 11) is -6.15. The van der Waals surface area contributed by atoms with E-state index < -0.39 is 147 Å². The van der Waals surface area contributed by atoms with E-state index in [9.17, 15) is 8.42 Å². The monoisotopic (exact) mass is 408 g/mol. The number of aromatic nitrogens is 1. The molecule has 0 aliphatic carbocycles. The van der Waals surface area contributed by atoms with E-state index in [1.165, 1.54) is 0 Å². The van der Waals surface area contributed by atoms with Crippen molar-refractivity contribution in [3.8, 4) is 0 Å². The molecule has 1 aliphatic heterocycles. The highest BCUT2D eigenvalue weighted by atomic mass is 32.2. The Morgan fingerprint density at radius 1 is 1.41 bits per heavy atom. The van der Waals surface area contributed by atoms with E-state index in [0.717, 1.165) is 0 Å². The number of likely N-dealkylation sites (tertiary alicyclic amines) is 1. The van der Waals surface area contributed by atoms with Gasteiger partial charge in [0.2, 0.25) is 0 Å². The maximum Gasteiger partial charge on any atom is 0.178 e. The predicted octanol–water partition coefficient (Wildman–Crippen LogP) is 3.82. The van der Waals surface area contributed by atoms with Crippen LogP contribution in [0.25, 0.3) is 10.9 Å². The Morgan fingerprint density at radius 3 is 3.07 bits per heavy atom. The molecule has 0 bridgehead atoms. The number of sulfone groups is 1. The van der Waals surface area contributed by atoms with Crippen LogP contribution in [0.5, 0.6) is 0 Å². The van der Waals surface area contributed by atoms with Crippen LogP contribution in [0.3, 0.4) is 0 Å². The van der Waals surface area contributed by atoms with Crippen LogP contribution in [0, 0.1) is 0 Å². The average Bonchev–Trinajstić information content (AvgIpc) is 3.31. The van der Waals surface area contributed by atoms with E-state index in [2.05, 4.69) is 0 Å². The molecule has 0 amide bonds. The minimum Gasteiger partial charge on any atom is -0.361 e. The van der Waals surface area contributed by atoms with Crippen molar-refractivity contribution >= 4 is 20.7 Å². The Kier molecular flexibility index (Phi) is 1.36. The first kappa shape index (κ1) is 4.89. The summed E-state index contributed by atoms with van der Waals surface area (Å²) in [5.41, 5.74) is -9.08. The summed E-state index contributed by atoms with van der Waals surface area (Å²) in [4.78, 5) is -2.71. The minimum absolute atomic E-state index is 0.185. The Balaban J connectivity index is 2.19. The fourth-order valence-electron chi connectivity index (χ4n) is 1.99. The van der Waals surface area contributed by atoms with Gasteiger partial charge in [-0.15, -0.1) is 0 Å². The average molecular weight is 409 g/mol. The van der Waals surface area contributed by atoms with Crippen molar-refractivity contribution in [2.75, 3.05) is 19.2 Å². The van der Waals surface area contributed by atoms with Crippen LogP contribution < -0.4 is 0 Å². The van der Waals surface area contributed by atoms with Crippen molar-refractivity contribution < 1.29 is 44.1 Å². The second-order valence-electron chi connectivity index (χ2n) is 4.93. The molecule has 1 fully saturated rings. The van der Waals surface area contributed by atoms with E-state index >= 15 is 0 Å². The number of H-pyrrole nitrogens is 1. The third kappa shape index (κ3) is 3.94. The number of nitrogens with one attached hydrogen (secondary N) is 1. The highest BCUT2D eigenvalue weighted by molar-refractivity contribution is 7.91. The van der Waals surface area contributed by atoms with Gasteiger partial charge in [0.15, 0.2) is 11.2 Å². The van der Waals surface area contributed by atoms with Crippen LogP contribution >= 0.6 is 0 Å². The van der Waals surface area contributed by atoms with Gasteiger partial charge in [0, 0.05) is 45.0 Å². The number of aromatic amines is 1. The lowest BCUT2D eigenvalue weighted by Gasteiger charge is -2.18. The van der Waals surface area contributed by atoms with Gasteiger partial charge in [0.05, 0.1) is 22.9 Å². The molecule has 2 heterocycles. The van der Waals surface area contributed by atoms with Crippen LogP contribution in [-0.2, 0) is 22.6 Å². The summed E-state index contributed by atoms with van der Waals surface area (Å²) in [6, 6.07) is -15.7. The minimum atomic E-state index is -6.15. The number of hydrogen-bond donors (Lipinski definition) is 1. The first-order valence-corrected chi connectivity index (χ1v) is 8.59. The van der Waals surface area contributed by atoms with Gasteiger partial charge in [-0.25, -0.2) is 8.42 Å². The van der Waals surface area contributed by atoms with Crippen molar-refractivity contribution in [1.82, 2.24) is 9.88 Å². The molecule has 142 valence electrons. The number of benzene rings is 2. The van der Waals surface area contributed by atoms with Gasteiger partial charge in [-0.05, 0) is 74.3 Å². The van der Waals surface area contributed by atoms with E-state index in [1.54, 1.807) is 0 Å². The Hall–Kier alpha value is -2.11. The van der Waals surface area contributed by atoms with Crippen LogP contribution in [0.2, 0.25) is 1.41 Å². The number of likely N-dealkylation sites (N-methyl/N-ethyl adjacent to an activating group) is 1. The quantitative estimate of drug-likeness (QED) is 0.674. The maximum absolute atomic E-state index is 13.8. The first-order valence-electron chi connectivity index (χ1n) is 20.1. The summed E-state index contributed by atoms with van der Waals surface area (Å²) in [6.45, 7) is -8.07. The van der Waals surface area contributed by atoms with Crippen molar-refractivity contribution in [1.29, 1.82) is 0 Å². The van der Waals surface area contributed by atoms with Gasteiger partial charge in [-0.1, -0.05) is 24.2 Å². The van der Waals surface area contributed by atoms with Crippen LogP contribution in [0.15, 0.2) is 59.4 Å². The first-order chi connectivity index (χ1) is 23.3. The van der Waals surface area contributed by atoms with Gasteiger partial charge in [-0.2, -0.15) is 0 Å². The molecule has 1 aliphatic rings. The second kappa shape index (κ2) is 7.49. The smallest absolute Gasteiger partial charge is 0.178 e. The van der Waals surface area contributed by atoms with Crippen molar-refractivity contribution in [3.63, 3.8) is 0 Å². The highest BCUT2D eigenvalue weighted by Crippen LogP contribution is 2.26. The maximum atomic E-state index is 13.8. The van der Waals surface area contributed by atoms with Gasteiger partial charge in [0.25, 0.3) is 0 Å². The van der Waals surface area contributed by atoms with Crippen LogP contribution in [-0.4, -0.2) is 43.5 Å². The molecular weight excluding hydrogens is 356 g/mol. The molecule has 0 saturated carbocycles. The molecule has 3 aromatic rings. The lowest BCUT2D eigenvalue weighted by molar-refractivity contribution is 0.310. The fourth-order valence-corrected chi connectivity index (χ4v) is 2.70. The molecule has 1 saturated heterocycles. The zero-order chi connectivity index (χ0) is 41.7. The Morgan fingerprint density at radius 2 is 2.26 bits per heavy atom. The molecule has 0 spiro atoms. The topological polar surface area (TPSA) is 53.2 Å². The van der Waals surface area contributed by atoms with Crippen molar-refractivity contribution in [2.24, 2.45) is 0 Å². The number of fused-ring (bicyclic) bond motifs is 1. The van der Waals surface area contributed by atoms with E-state index in [0.29, 0.717) is 0 Å². The lowest BCUT2D eigenvalue weighted by atomic mass is 10.0. The number of rotatable bonds is 6. The summed E-state index contributed by atoms with van der Waals surface area (Å²) >= 11 is 0. The van der Waals surface area contributed by atoms with Gasteiger partial charge in [0.1, 0.15) is 0 Å². The molecule has 4 rings (SSSR count). The van der Waals surface area contributed by atoms with E-state index in [-0.39, 0.29) is 4.98 Å². The molecule has 2 aromatic carbocycles. The number of hydrogen-bond acceptors (Lipinski definition) is 3. The van der Waals surface area contributed by atoms with Crippen molar-refractivity contribution in [3.05, 3.63) is 65.6 Å².